The van der Waals surface area contributed by atoms with E-state index in [1.807, 2.05) is 6.07 Å². The van der Waals surface area contributed by atoms with Crippen molar-refractivity contribution in [2.45, 2.75) is 44.8 Å². The highest BCUT2D eigenvalue weighted by atomic mass is 19.1. The zero-order valence-electron chi connectivity index (χ0n) is 11.0. The maximum Gasteiger partial charge on any atom is 0.123 e. The molecule has 1 aliphatic rings. The minimum atomic E-state index is -0.154. The molecule has 1 aromatic carbocycles. The van der Waals surface area contributed by atoms with Crippen molar-refractivity contribution in [2.75, 3.05) is 13.2 Å². The molecule has 3 heteroatoms. The topological polar surface area (TPSA) is 21.3 Å². The van der Waals surface area contributed by atoms with Crippen LogP contribution in [0.4, 0.5) is 4.39 Å². The molecule has 0 saturated carbocycles. The summed E-state index contributed by atoms with van der Waals surface area (Å²) in [6.45, 7) is 4.03. The van der Waals surface area contributed by atoms with Gasteiger partial charge in [-0.15, -0.1) is 0 Å². The normalized spacial score (nSPS) is 21.1. The highest BCUT2D eigenvalue weighted by molar-refractivity contribution is 5.17. The molecule has 1 aliphatic heterocycles. The molecule has 0 spiro atoms. The molecule has 100 valence electrons. The molecule has 0 bridgehead atoms. The van der Waals surface area contributed by atoms with Crippen molar-refractivity contribution in [1.29, 1.82) is 0 Å². The van der Waals surface area contributed by atoms with Crippen LogP contribution in [0.5, 0.6) is 0 Å². The smallest absolute Gasteiger partial charge is 0.123 e. The van der Waals surface area contributed by atoms with Crippen LogP contribution >= 0.6 is 0 Å². The second-order valence-corrected chi connectivity index (χ2v) is 5.11. The molecule has 2 unspecified atom stereocenters. The van der Waals surface area contributed by atoms with Gasteiger partial charge in [0.25, 0.3) is 0 Å². The van der Waals surface area contributed by atoms with E-state index in [0.717, 1.165) is 31.6 Å². The number of nitrogens with one attached hydrogen (secondary N) is 1. The highest BCUT2D eigenvalue weighted by Gasteiger charge is 2.15. The zero-order valence-corrected chi connectivity index (χ0v) is 11.0. The second-order valence-electron chi connectivity index (χ2n) is 5.11. The summed E-state index contributed by atoms with van der Waals surface area (Å²) in [5.74, 6) is -0.154. The van der Waals surface area contributed by atoms with Crippen LogP contribution in [-0.2, 0) is 11.2 Å². The summed E-state index contributed by atoms with van der Waals surface area (Å²) in [4.78, 5) is 0. The summed E-state index contributed by atoms with van der Waals surface area (Å²) in [6, 6.07) is 7.20. The number of ether oxygens (including phenoxy) is 1. The third-order valence-corrected chi connectivity index (χ3v) is 3.41. The van der Waals surface area contributed by atoms with Crippen molar-refractivity contribution in [3.8, 4) is 0 Å². The Bertz CT molecular complexity index is 363. The first-order chi connectivity index (χ1) is 8.74. The van der Waals surface area contributed by atoms with E-state index < -0.39 is 0 Å². The Morgan fingerprint density at radius 1 is 1.50 bits per heavy atom. The minimum Gasteiger partial charge on any atom is -0.378 e. The summed E-state index contributed by atoms with van der Waals surface area (Å²) in [5.41, 5.74) is 1.05. The Labute approximate surface area is 109 Å². The van der Waals surface area contributed by atoms with Crippen LogP contribution < -0.4 is 5.32 Å². The van der Waals surface area contributed by atoms with Gasteiger partial charge in [-0.1, -0.05) is 12.1 Å². The fourth-order valence-corrected chi connectivity index (χ4v) is 2.45. The first kappa shape index (κ1) is 13.5. The van der Waals surface area contributed by atoms with Gasteiger partial charge in [0, 0.05) is 12.6 Å². The summed E-state index contributed by atoms with van der Waals surface area (Å²) in [6.07, 6.45) is 4.78. The van der Waals surface area contributed by atoms with Gasteiger partial charge in [-0.25, -0.2) is 4.39 Å². The molecule has 2 rings (SSSR count). The van der Waals surface area contributed by atoms with Gasteiger partial charge in [0.15, 0.2) is 0 Å². The molecule has 1 heterocycles. The maximum atomic E-state index is 13.0. The maximum absolute atomic E-state index is 13.0. The van der Waals surface area contributed by atoms with Gasteiger partial charge in [-0.2, -0.15) is 0 Å². The van der Waals surface area contributed by atoms with Crippen molar-refractivity contribution >= 4 is 0 Å². The third-order valence-electron chi connectivity index (χ3n) is 3.41. The monoisotopic (exact) mass is 251 g/mol. The van der Waals surface area contributed by atoms with Gasteiger partial charge < -0.3 is 10.1 Å². The molecule has 2 nitrogen and oxygen atoms in total. The van der Waals surface area contributed by atoms with E-state index >= 15 is 0 Å². The van der Waals surface area contributed by atoms with Crippen molar-refractivity contribution in [3.63, 3.8) is 0 Å². The molecular formula is C15H22FNO. The number of hydrogen-bond acceptors (Lipinski definition) is 2. The average Bonchev–Trinajstić information content (AvgIpc) is 2.82. The molecule has 0 aliphatic carbocycles. The predicted octanol–water partition coefficient (Wildman–Crippen LogP) is 2.92. The van der Waals surface area contributed by atoms with E-state index in [4.69, 9.17) is 4.74 Å². The van der Waals surface area contributed by atoms with Gasteiger partial charge in [0.1, 0.15) is 5.82 Å². The lowest BCUT2D eigenvalue weighted by molar-refractivity contribution is 0.103. The van der Waals surface area contributed by atoms with Crippen LogP contribution in [0, 0.1) is 5.82 Å². The molecular weight excluding hydrogens is 229 g/mol. The molecule has 1 aromatic rings. The minimum absolute atomic E-state index is 0.154. The van der Waals surface area contributed by atoms with Gasteiger partial charge in [0.05, 0.1) is 6.10 Å². The fraction of sp³-hybridized carbons (Fsp3) is 0.600. The predicted molar refractivity (Wildman–Crippen MR) is 71.2 cm³/mol. The number of halogens is 1. The summed E-state index contributed by atoms with van der Waals surface area (Å²) >= 11 is 0. The van der Waals surface area contributed by atoms with Crippen molar-refractivity contribution < 1.29 is 9.13 Å². The first-order valence-electron chi connectivity index (χ1n) is 6.83. The number of benzene rings is 1. The molecule has 0 aromatic heterocycles. The number of rotatable bonds is 6. The molecule has 1 saturated heterocycles. The average molecular weight is 251 g/mol. The van der Waals surface area contributed by atoms with Crippen LogP contribution in [0.3, 0.4) is 0 Å². The molecule has 1 fully saturated rings. The van der Waals surface area contributed by atoms with E-state index in [0.29, 0.717) is 12.1 Å². The lowest BCUT2D eigenvalue weighted by Gasteiger charge is -2.15. The lowest BCUT2D eigenvalue weighted by atomic mass is 10.1. The van der Waals surface area contributed by atoms with Crippen molar-refractivity contribution in [1.82, 2.24) is 5.32 Å². The van der Waals surface area contributed by atoms with Crippen LogP contribution in [0.2, 0.25) is 0 Å². The largest absolute Gasteiger partial charge is 0.378 e. The van der Waals surface area contributed by atoms with Crippen molar-refractivity contribution in [2.24, 2.45) is 0 Å². The summed E-state index contributed by atoms with van der Waals surface area (Å²) in [5, 5.41) is 3.47. The van der Waals surface area contributed by atoms with Gasteiger partial charge in [0.2, 0.25) is 0 Å². The van der Waals surface area contributed by atoms with Gasteiger partial charge in [-0.3, -0.25) is 0 Å². The zero-order chi connectivity index (χ0) is 12.8. The fourth-order valence-electron chi connectivity index (χ4n) is 2.45. The van der Waals surface area contributed by atoms with E-state index in [1.165, 1.54) is 18.9 Å². The Hall–Kier alpha value is -0.930. The standard InChI is InChI=1S/C15H22FNO/c1-12(10-13-4-2-5-14(16)11-13)17-8-7-15-6-3-9-18-15/h2,4-5,11-12,15,17H,3,6-10H2,1H3. The van der Waals surface area contributed by atoms with E-state index in [2.05, 4.69) is 12.2 Å². The Kier molecular flexibility index (Phi) is 5.14. The van der Waals surface area contributed by atoms with Gasteiger partial charge in [-0.05, 0) is 56.8 Å². The van der Waals surface area contributed by atoms with Crippen LogP contribution in [0.1, 0.15) is 31.7 Å². The summed E-state index contributed by atoms with van der Waals surface area (Å²) < 4.78 is 18.6. The quantitative estimate of drug-likeness (QED) is 0.839. The summed E-state index contributed by atoms with van der Waals surface area (Å²) in [7, 11) is 0. The van der Waals surface area contributed by atoms with E-state index in [-0.39, 0.29) is 5.82 Å². The van der Waals surface area contributed by atoms with Gasteiger partial charge >= 0.3 is 0 Å². The molecule has 0 radical (unpaired) electrons. The van der Waals surface area contributed by atoms with Crippen molar-refractivity contribution in [3.05, 3.63) is 35.6 Å². The lowest BCUT2D eigenvalue weighted by Crippen LogP contribution is -2.30. The highest BCUT2D eigenvalue weighted by Crippen LogP contribution is 2.14. The Morgan fingerprint density at radius 3 is 3.11 bits per heavy atom. The Morgan fingerprint density at radius 2 is 2.39 bits per heavy atom. The molecule has 1 N–H and O–H groups in total. The van der Waals surface area contributed by atoms with E-state index in [1.54, 1.807) is 12.1 Å². The van der Waals surface area contributed by atoms with Crippen LogP contribution in [0.15, 0.2) is 24.3 Å². The first-order valence-corrected chi connectivity index (χ1v) is 6.83. The number of hydrogen-bond donors (Lipinski definition) is 1. The molecule has 0 amide bonds. The second kappa shape index (κ2) is 6.86. The SMILES string of the molecule is CC(Cc1cccc(F)c1)NCCC1CCCO1. The van der Waals surface area contributed by atoms with Crippen LogP contribution in [0.25, 0.3) is 0 Å². The van der Waals surface area contributed by atoms with E-state index in [9.17, 15) is 4.39 Å². The molecule has 2 atom stereocenters. The van der Waals surface area contributed by atoms with Crippen LogP contribution in [-0.4, -0.2) is 25.3 Å². The Balaban J connectivity index is 1.66. The molecule has 18 heavy (non-hydrogen) atoms. The third kappa shape index (κ3) is 4.39.